The minimum Gasteiger partial charge on any atom is -0.497 e. The molecule has 0 spiro atoms. The highest BCUT2D eigenvalue weighted by atomic mass is 32.1. The third-order valence-corrected chi connectivity index (χ3v) is 7.72. The van der Waals surface area contributed by atoms with Crippen LogP contribution in [0.15, 0.2) is 63.5 Å². The van der Waals surface area contributed by atoms with Gasteiger partial charge in [0.1, 0.15) is 17.5 Å². The van der Waals surface area contributed by atoms with E-state index in [1.54, 1.807) is 35.8 Å². The number of hydrogen-bond donors (Lipinski definition) is 0. The monoisotopic (exact) mass is 534 g/mol. The van der Waals surface area contributed by atoms with E-state index in [1.165, 1.54) is 11.3 Å². The van der Waals surface area contributed by atoms with Crippen LogP contribution in [-0.2, 0) is 4.79 Å². The van der Waals surface area contributed by atoms with E-state index in [0.717, 1.165) is 11.3 Å². The number of fused-ring (bicyclic) bond motifs is 1. The number of carbonyl (C=O) groups excluding carboxylic acids is 1. The topological polar surface area (TPSA) is 76.4 Å². The molecule has 0 fully saturated rings. The van der Waals surface area contributed by atoms with E-state index in [2.05, 4.69) is 0 Å². The minimum atomic E-state index is -0.720. The zero-order chi connectivity index (χ0) is 27.6. The van der Waals surface area contributed by atoms with Crippen LogP contribution >= 0.6 is 11.3 Å². The molecule has 0 saturated heterocycles. The van der Waals surface area contributed by atoms with Crippen molar-refractivity contribution in [2.24, 2.45) is 4.99 Å². The van der Waals surface area contributed by atoms with Crippen molar-refractivity contribution < 1.29 is 14.3 Å². The van der Waals surface area contributed by atoms with Crippen LogP contribution in [0.25, 0.3) is 6.08 Å². The number of amides is 1. The van der Waals surface area contributed by atoms with Crippen molar-refractivity contribution >= 4 is 29.0 Å². The van der Waals surface area contributed by atoms with Gasteiger partial charge in [0.05, 0.1) is 30.0 Å². The fraction of sp³-hybridized carbons (Fsp3) is 0.345. The average molecular weight is 535 g/mol. The lowest BCUT2D eigenvalue weighted by Crippen LogP contribution is -2.43. The maximum absolute atomic E-state index is 14.0. The van der Waals surface area contributed by atoms with Crippen molar-refractivity contribution in [3.8, 4) is 11.5 Å². The molecule has 0 radical (unpaired) electrons. The van der Waals surface area contributed by atoms with Crippen molar-refractivity contribution in [1.82, 2.24) is 9.47 Å². The van der Waals surface area contributed by atoms with Crippen LogP contribution in [0, 0.1) is 0 Å². The van der Waals surface area contributed by atoms with E-state index in [0.29, 0.717) is 50.8 Å². The van der Waals surface area contributed by atoms with E-state index in [9.17, 15) is 9.59 Å². The summed E-state index contributed by atoms with van der Waals surface area (Å²) in [5.41, 5.74) is 3.47. The first-order valence-electron chi connectivity index (χ1n) is 12.5. The van der Waals surface area contributed by atoms with Crippen LogP contribution in [0.2, 0.25) is 0 Å². The molecule has 0 unspecified atom stereocenters. The second kappa shape index (κ2) is 11.3. The predicted molar refractivity (Wildman–Crippen MR) is 152 cm³/mol. The first-order valence-corrected chi connectivity index (χ1v) is 13.4. The highest BCUT2D eigenvalue weighted by Gasteiger charge is 2.36. The van der Waals surface area contributed by atoms with Gasteiger partial charge in [0.15, 0.2) is 4.80 Å². The zero-order valence-corrected chi connectivity index (χ0v) is 23.8. The molecule has 1 aliphatic rings. The molecule has 8 nitrogen and oxygen atoms in total. The van der Waals surface area contributed by atoms with Crippen molar-refractivity contribution in [3.05, 3.63) is 84.5 Å². The van der Waals surface area contributed by atoms with Crippen LogP contribution in [0.1, 0.15) is 37.9 Å². The number of ether oxygens (including phenoxy) is 2. The van der Waals surface area contributed by atoms with Crippen LogP contribution in [0.5, 0.6) is 11.5 Å². The van der Waals surface area contributed by atoms with Crippen LogP contribution < -0.4 is 29.3 Å². The molecule has 4 rings (SSSR count). The Morgan fingerprint density at radius 2 is 1.76 bits per heavy atom. The molecule has 9 heteroatoms. The van der Waals surface area contributed by atoms with Gasteiger partial charge in [-0.2, -0.15) is 0 Å². The van der Waals surface area contributed by atoms with Crippen molar-refractivity contribution in [2.75, 3.05) is 46.3 Å². The summed E-state index contributed by atoms with van der Waals surface area (Å²) < 4.78 is 13.4. The third-order valence-electron chi connectivity index (χ3n) is 6.74. The normalized spacial score (nSPS) is 15.1. The molecule has 3 aromatic rings. The van der Waals surface area contributed by atoms with Gasteiger partial charge in [-0.3, -0.25) is 14.2 Å². The maximum atomic E-state index is 14.0. The fourth-order valence-electron chi connectivity index (χ4n) is 4.64. The smallest absolute Gasteiger partial charge is 0.271 e. The van der Waals surface area contributed by atoms with Gasteiger partial charge >= 0.3 is 0 Å². The van der Waals surface area contributed by atoms with Crippen molar-refractivity contribution in [3.63, 3.8) is 0 Å². The van der Waals surface area contributed by atoms with E-state index >= 15 is 0 Å². The number of hydrogen-bond acceptors (Lipinski definition) is 7. The number of carbonyl (C=O) groups is 1. The number of anilines is 1. The van der Waals surface area contributed by atoms with Gasteiger partial charge in [-0.1, -0.05) is 23.5 Å². The number of rotatable bonds is 8. The Balaban J connectivity index is 1.98. The molecule has 1 aliphatic heterocycles. The minimum absolute atomic E-state index is 0.153. The van der Waals surface area contributed by atoms with Gasteiger partial charge in [-0.15, -0.1) is 0 Å². The highest BCUT2D eigenvalue weighted by molar-refractivity contribution is 7.07. The molecule has 38 heavy (non-hydrogen) atoms. The Hall–Kier alpha value is -3.85. The summed E-state index contributed by atoms with van der Waals surface area (Å²) in [5.74, 6) is 1.01. The number of likely N-dealkylation sites (N-methyl/N-ethyl adjacent to an activating group) is 1. The molecule has 0 N–H and O–H groups in total. The number of nitrogens with zero attached hydrogens (tertiary/aromatic N) is 4. The predicted octanol–water partition coefficient (Wildman–Crippen LogP) is 3.19. The van der Waals surface area contributed by atoms with Gasteiger partial charge in [0.2, 0.25) is 0 Å². The summed E-state index contributed by atoms with van der Waals surface area (Å²) in [7, 11) is 7.13. The number of allylic oxidation sites excluding steroid dienone is 1. The van der Waals surface area contributed by atoms with E-state index < -0.39 is 6.04 Å². The van der Waals surface area contributed by atoms with Crippen LogP contribution in [0.3, 0.4) is 0 Å². The zero-order valence-electron chi connectivity index (χ0n) is 22.9. The lowest BCUT2D eigenvalue weighted by molar-refractivity contribution is -0.127. The van der Waals surface area contributed by atoms with E-state index in [4.69, 9.17) is 14.5 Å². The molecule has 0 aliphatic carbocycles. The third kappa shape index (κ3) is 4.98. The summed E-state index contributed by atoms with van der Waals surface area (Å²) in [6.07, 6.45) is 1.87. The Labute approximate surface area is 226 Å². The lowest BCUT2D eigenvalue weighted by Gasteiger charge is -2.30. The number of aromatic nitrogens is 1. The Morgan fingerprint density at radius 3 is 2.34 bits per heavy atom. The second-order valence-electron chi connectivity index (χ2n) is 9.15. The quantitative estimate of drug-likeness (QED) is 0.444. The van der Waals surface area contributed by atoms with E-state index in [-0.39, 0.29) is 11.5 Å². The van der Waals surface area contributed by atoms with E-state index in [1.807, 2.05) is 76.2 Å². The summed E-state index contributed by atoms with van der Waals surface area (Å²) in [5, 5.41) is 0. The van der Waals surface area contributed by atoms with Crippen molar-refractivity contribution in [1.29, 1.82) is 0 Å². The SMILES string of the molecule is CCN(CC)C(=O)C1=C(C)N=c2s/c(=C/c3ccc(N(C)C)cc3)c(=O)n2[C@@H]1c1cc(OC)ccc1OC. The second-order valence-corrected chi connectivity index (χ2v) is 10.2. The Morgan fingerprint density at radius 1 is 1.08 bits per heavy atom. The molecule has 2 aromatic carbocycles. The highest BCUT2D eigenvalue weighted by Crippen LogP contribution is 2.38. The van der Waals surface area contributed by atoms with Gasteiger partial charge in [-0.05, 0) is 62.7 Å². The largest absolute Gasteiger partial charge is 0.497 e. The molecular formula is C29H34N4O4S. The Bertz CT molecular complexity index is 1550. The summed E-state index contributed by atoms with van der Waals surface area (Å²) in [6.45, 7) is 6.79. The number of methoxy groups -OCH3 is 2. The number of thiazole rings is 1. The summed E-state index contributed by atoms with van der Waals surface area (Å²) in [4.78, 5) is 36.9. The molecule has 1 atom stereocenters. The molecular weight excluding hydrogens is 500 g/mol. The maximum Gasteiger partial charge on any atom is 0.271 e. The standard InChI is InChI=1S/C29H34N4O4S/c1-8-32(9-2)28(35)25-18(3)30-29-33(26(25)22-17-21(36-6)14-15-23(22)37-7)27(34)24(38-29)16-19-10-12-20(13-11-19)31(4)5/h10-17,26H,8-9H2,1-7H3/b24-16+/t26-/m1/s1. The first-order chi connectivity index (χ1) is 18.2. The van der Waals surface area contributed by atoms with Gasteiger partial charge in [0, 0.05) is 38.4 Å². The fourth-order valence-corrected chi connectivity index (χ4v) is 5.69. The molecule has 1 amide bonds. The molecule has 200 valence electrons. The van der Waals surface area contributed by atoms with Crippen molar-refractivity contribution in [2.45, 2.75) is 26.8 Å². The summed E-state index contributed by atoms with van der Waals surface area (Å²) in [6, 6.07) is 12.7. The van der Waals surface area contributed by atoms with Crippen LogP contribution in [0.4, 0.5) is 5.69 Å². The lowest BCUT2D eigenvalue weighted by atomic mass is 9.93. The molecule has 1 aromatic heterocycles. The summed E-state index contributed by atoms with van der Waals surface area (Å²) >= 11 is 1.31. The van der Waals surface area contributed by atoms with Crippen LogP contribution in [-0.4, -0.2) is 56.8 Å². The molecule has 2 heterocycles. The molecule has 0 bridgehead atoms. The van der Waals surface area contributed by atoms with Gasteiger partial charge in [-0.25, -0.2) is 4.99 Å². The first kappa shape index (κ1) is 27.2. The average Bonchev–Trinajstić information content (AvgIpc) is 3.22. The number of benzene rings is 2. The Kier molecular flexibility index (Phi) is 8.06. The van der Waals surface area contributed by atoms with Gasteiger partial charge in [0.25, 0.3) is 11.5 Å². The van der Waals surface area contributed by atoms with Gasteiger partial charge < -0.3 is 19.3 Å². The molecule has 0 saturated carbocycles.